The number of rotatable bonds is 5. The van der Waals surface area contributed by atoms with Gasteiger partial charge < -0.3 is 15.2 Å². The van der Waals surface area contributed by atoms with Crippen LogP contribution < -0.4 is 15.6 Å². The number of ether oxygens (including phenoxy) is 1. The zero-order valence-corrected chi connectivity index (χ0v) is 17.1. The fourth-order valence-corrected chi connectivity index (χ4v) is 3.63. The molecule has 1 aliphatic rings. The zero-order chi connectivity index (χ0) is 23.6. The topological polar surface area (TPSA) is 106 Å². The van der Waals surface area contributed by atoms with E-state index < -0.39 is 35.7 Å². The number of aliphatic hydroxyl groups is 1. The van der Waals surface area contributed by atoms with E-state index in [0.29, 0.717) is 24.1 Å². The van der Waals surface area contributed by atoms with Crippen molar-refractivity contribution in [2.45, 2.75) is 37.8 Å². The number of aromatic nitrogens is 3. The van der Waals surface area contributed by atoms with Crippen molar-refractivity contribution in [2.75, 3.05) is 0 Å². The normalized spacial score (nSPS) is 18.2. The minimum atomic E-state index is -4.83. The number of aliphatic hydroxyl groups excluding tert-OH is 1. The summed E-state index contributed by atoms with van der Waals surface area (Å²) in [6.07, 6.45) is -0.741. The molecule has 2 N–H and O–H groups in total. The number of pyridine rings is 1. The number of carbonyl (C=O) groups excluding carboxylic acids is 1. The van der Waals surface area contributed by atoms with E-state index in [4.69, 9.17) is 0 Å². The summed E-state index contributed by atoms with van der Waals surface area (Å²) in [6, 6.07) is 8.86. The van der Waals surface area contributed by atoms with Gasteiger partial charge in [-0.15, -0.1) is 13.2 Å². The predicted molar refractivity (Wildman–Crippen MR) is 111 cm³/mol. The molecule has 0 saturated heterocycles. The highest BCUT2D eigenvalue weighted by molar-refractivity contribution is 5.95. The largest absolute Gasteiger partial charge is 0.573 e. The van der Waals surface area contributed by atoms with Crippen LogP contribution in [0.1, 0.15) is 29.6 Å². The molecule has 33 heavy (non-hydrogen) atoms. The molecule has 0 radical (unpaired) electrons. The molecule has 1 saturated carbocycles. The Morgan fingerprint density at radius 1 is 1.18 bits per heavy atom. The van der Waals surface area contributed by atoms with Gasteiger partial charge in [-0.3, -0.25) is 14.6 Å². The maximum atomic E-state index is 13.1. The number of benzene rings is 1. The van der Waals surface area contributed by atoms with Gasteiger partial charge in [0, 0.05) is 11.8 Å². The van der Waals surface area contributed by atoms with Crippen LogP contribution in [-0.2, 0) is 0 Å². The lowest BCUT2D eigenvalue weighted by atomic mass is 10.1. The van der Waals surface area contributed by atoms with E-state index in [2.05, 4.69) is 20.1 Å². The molecule has 1 aliphatic carbocycles. The molecule has 1 aromatic carbocycles. The first-order valence-electron chi connectivity index (χ1n) is 10.1. The summed E-state index contributed by atoms with van der Waals surface area (Å²) in [4.78, 5) is 29.9. The average Bonchev–Trinajstić information content (AvgIpc) is 3.18. The van der Waals surface area contributed by atoms with Crippen molar-refractivity contribution >= 4 is 5.91 Å². The Balaban J connectivity index is 1.75. The summed E-state index contributed by atoms with van der Waals surface area (Å²) in [6.45, 7) is 0. The smallest absolute Gasteiger partial charge is 0.406 e. The molecule has 11 heteroatoms. The summed E-state index contributed by atoms with van der Waals surface area (Å²) >= 11 is 0. The molecular formula is C22H19F3N4O4. The number of nitrogens with zero attached hydrogens (tertiary/aromatic N) is 3. The molecule has 0 aliphatic heterocycles. The van der Waals surface area contributed by atoms with Gasteiger partial charge in [-0.1, -0.05) is 0 Å². The maximum absolute atomic E-state index is 13.1. The molecular weight excluding hydrogens is 441 g/mol. The monoisotopic (exact) mass is 460 g/mol. The fourth-order valence-electron chi connectivity index (χ4n) is 3.63. The second kappa shape index (κ2) is 9.02. The highest BCUT2D eigenvalue weighted by Crippen LogP contribution is 2.26. The van der Waals surface area contributed by atoms with E-state index in [1.165, 1.54) is 30.6 Å². The van der Waals surface area contributed by atoms with Crippen LogP contribution >= 0.6 is 0 Å². The quantitative estimate of drug-likeness (QED) is 0.607. The minimum Gasteiger partial charge on any atom is -0.406 e. The van der Waals surface area contributed by atoms with E-state index in [1.54, 1.807) is 12.1 Å². The van der Waals surface area contributed by atoms with Gasteiger partial charge in [0.15, 0.2) is 0 Å². The van der Waals surface area contributed by atoms with E-state index >= 15 is 0 Å². The standard InChI is InChI=1S/C22H19F3N4O4/c23-22(24,25)33-15-8-6-13(7-9-15)18-11-16(20(31)27-17-4-1-5-19(17)30)21(32)29(28-18)14-3-2-10-26-12-14/h2-3,6-12,17,19,30H,1,4-5H2,(H,27,31)/t17-,19?/m0/s1. The Kier molecular flexibility index (Phi) is 6.14. The van der Waals surface area contributed by atoms with Crippen molar-refractivity contribution < 1.29 is 27.8 Å². The Hall–Kier alpha value is -3.73. The van der Waals surface area contributed by atoms with Gasteiger partial charge in [0.05, 0.1) is 29.7 Å². The Labute approximate surface area is 185 Å². The summed E-state index contributed by atoms with van der Waals surface area (Å²) in [5.41, 5.74) is -0.0880. The summed E-state index contributed by atoms with van der Waals surface area (Å²) in [5, 5.41) is 17.0. The van der Waals surface area contributed by atoms with Crippen molar-refractivity contribution in [3.8, 4) is 22.7 Å². The summed E-state index contributed by atoms with van der Waals surface area (Å²) in [7, 11) is 0. The third-order valence-corrected chi connectivity index (χ3v) is 5.23. The Morgan fingerprint density at radius 2 is 1.94 bits per heavy atom. The van der Waals surface area contributed by atoms with Crippen LogP contribution in [0.2, 0.25) is 0 Å². The highest BCUT2D eigenvalue weighted by Gasteiger charge is 2.31. The lowest BCUT2D eigenvalue weighted by Crippen LogP contribution is -2.42. The van der Waals surface area contributed by atoms with Gasteiger partial charge in [0.2, 0.25) is 0 Å². The van der Waals surface area contributed by atoms with Gasteiger partial charge in [-0.2, -0.15) is 9.78 Å². The van der Waals surface area contributed by atoms with Gasteiger partial charge in [-0.05, 0) is 61.7 Å². The van der Waals surface area contributed by atoms with Crippen LogP contribution in [-0.4, -0.2) is 44.3 Å². The van der Waals surface area contributed by atoms with Crippen LogP contribution in [0.15, 0.2) is 59.7 Å². The number of halogens is 3. The Bertz CT molecular complexity index is 1200. The number of carbonyl (C=O) groups is 1. The fraction of sp³-hybridized carbons (Fsp3) is 0.273. The molecule has 2 aromatic heterocycles. The van der Waals surface area contributed by atoms with E-state index in [1.807, 2.05) is 0 Å². The predicted octanol–water partition coefficient (Wildman–Crippen LogP) is 2.84. The molecule has 3 aromatic rings. The number of amides is 1. The summed E-state index contributed by atoms with van der Waals surface area (Å²) in [5.74, 6) is -1.09. The number of hydrogen-bond donors (Lipinski definition) is 2. The van der Waals surface area contributed by atoms with E-state index in [0.717, 1.165) is 23.2 Å². The van der Waals surface area contributed by atoms with E-state index in [9.17, 15) is 27.9 Å². The first-order chi connectivity index (χ1) is 15.7. The van der Waals surface area contributed by atoms with Crippen LogP contribution in [0.4, 0.5) is 13.2 Å². The molecule has 2 heterocycles. The van der Waals surface area contributed by atoms with Crippen molar-refractivity contribution in [3.05, 3.63) is 70.8 Å². The van der Waals surface area contributed by atoms with Gasteiger partial charge in [0.1, 0.15) is 11.3 Å². The molecule has 1 unspecified atom stereocenters. The van der Waals surface area contributed by atoms with Gasteiger partial charge in [-0.25, -0.2) is 0 Å². The average molecular weight is 460 g/mol. The molecule has 0 bridgehead atoms. The van der Waals surface area contributed by atoms with Crippen molar-refractivity contribution in [3.63, 3.8) is 0 Å². The number of nitrogens with one attached hydrogen (secondary N) is 1. The van der Waals surface area contributed by atoms with Crippen molar-refractivity contribution in [1.29, 1.82) is 0 Å². The molecule has 1 amide bonds. The SMILES string of the molecule is O=C(N[C@H]1CCCC1O)c1cc(-c2ccc(OC(F)(F)F)cc2)nn(-c2cccnc2)c1=O. The molecule has 8 nitrogen and oxygen atoms in total. The highest BCUT2D eigenvalue weighted by atomic mass is 19.4. The molecule has 172 valence electrons. The lowest BCUT2D eigenvalue weighted by Gasteiger charge is -2.17. The van der Waals surface area contributed by atoms with Gasteiger partial charge >= 0.3 is 6.36 Å². The lowest BCUT2D eigenvalue weighted by molar-refractivity contribution is -0.274. The first kappa shape index (κ1) is 22.5. The Morgan fingerprint density at radius 3 is 2.55 bits per heavy atom. The van der Waals surface area contributed by atoms with Gasteiger partial charge in [0.25, 0.3) is 11.5 Å². The second-order valence-corrected chi connectivity index (χ2v) is 7.52. The summed E-state index contributed by atoms with van der Waals surface area (Å²) < 4.78 is 42.2. The van der Waals surface area contributed by atoms with Crippen molar-refractivity contribution in [2.24, 2.45) is 0 Å². The number of alkyl halides is 3. The molecule has 0 spiro atoms. The molecule has 1 fully saturated rings. The first-order valence-corrected chi connectivity index (χ1v) is 10.1. The third-order valence-electron chi connectivity index (χ3n) is 5.23. The minimum absolute atomic E-state index is 0.175. The molecule has 2 atom stereocenters. The zero-order valence-electron chi connectivity index (χ0n) is 17.1. The van der Waals surface area contributed by atoms with Crippen LogP contribution in [0.5, 0.6) is 5.75 Å². The van der Waals surface area contributed by atoms with Crippen LogP contribution in [0.3, 0.4) is 0 Å². The van der Waals surface area contributed by atoms with Crippen LogP contribution in [0.25, 0.3) is 16.9 Å². The van der Waals surface area contributed by atoms with Crippen molar-refractivity contribution in [1.82, 2.24) is 20.1 Å². The van der Waals surface area contributed by atoms with E-state index in [-0.39, 0.29) is 11.3 Å². The molecule has 4 rings (SSSR count). The maximum Gasteiger partial charge on any atom is 0.573 e. The third kappa shape index (κ3) is 5.20. The second-order valence-electron chi connectivity index (χ2n) is 7.52. The number of hydrogen-bond acceptors (Lipinski definition) is 6. The van der Waals surface area contributed by atoms with Crippen LogP contribution in [0, 0.1) is 0 Å².